The molecule has 0 aliphatic heterocycles. The summed E-state index contributed by atoms with van der Waals surface area (Å²) in [6.45, 7) is 0.0762. The second-order valence-corrected chi connectivity index (χ2v) is 7.92. The van der Waals surface area contributed by atoms with E-state index >= 15 is 0 Å². The first-order valence-corrected chi connectivity index (χ1v) is 9.53. The van der Waals surface area contributed by atoms with Gasteiger partial charge in [0.1, 0.15) is 11.3 Å². The van der Waals surface area contributed by atoms with Crippen LogP contribution >= 0.6 is 15.9 Å². The number of methoxy groups -OCH3 is 1. The summed E-state index contributed by atoms with van der Waals surface area (Å²) >= 11 is 3.36. The van der Waals surface area contributed by atoms with Crippen LogP contribution in [0, 0.1) is 0 Å². The van der Waals surface area contributed by atoms with E-state index in [9.17, 15) is 13.2 Å². The Morgan fingerprint density at radius 3 is 2.68 bits per heavy atom. The molecule has 1 N–H and O–H groups in total. The van der Waals surface area contributed by atoms with E-state index in [-0.39, 0.29) is 11.4 Å². The van der Waals surface area contributed by atoms with E-state index in [0.717, 1.165) is 4.47 Å². The van der Waals surface area contributed by atoms with Gasteiger partial charge in [-0.05, 0) is 42.5 Å². The maximum Gasteiger partial charge on any atom is 0.336 e. The van der Waals surface area contributed by atoms with E-state index in [0.29, 0.717) is 22.3 Å². The Morgan fingerprint density at radius 2 is 1.92 bits per heavy atom. The molecule has 0 atom stereocenters. The third-order valence-electron chi connectivity index (χ3n) is 3.60. The van der Waals surface area contributed by atoms with Crippen LogP contribution in [0.2, 0.25) is 0 Å². The molecule has 0 amide bonds. The monoisotopic (exact) mass is 423 g/mol. The van der Waals surface area contributed by atoms with Gasteiger partial charge >= 0.3 is 5.63 Å². The number of hydrogen-bond donors (Lipinski definition) is 1. The van der Waals surface area contributed by atoms with Gasteiger partial charge in [0, 0.05) is 28.0 Å². The van der Waals surface area contributed by atoms with Crippen LogP contribution in [0.25, 0.3) is 11.0 Å². The number of nitrogens with one attached hydrogen (secondary N) is 1. The van der Waals surface area contributed by atoms with Crippen LogP contribution in [0.4, 0.5) is 0 Å². The molecule has 0 saturated heterocycles. The summed E-state index contributed by atoms with van der Waals surface area (Å²) in [5.74, 6) is 0.589. The fourth-order valence-corrected chi connectivity index (χ4v) is 3.81. The maximum absolute atomic E-state index is 12.5. The standard InChI is InChI=1S/C17H14BrNO5S/c1-23-15-5-3-13(18)8-12(15)10-19-25(21,22)14-4-6-16-11(9-14)2-7-17(20)24-16/h2-9,19H,10H2,1H3. The van der Waals surface area contributed by atoms with Crippen molar-refractivity contribution >= 4 is 36.9 Å². The molecule has 130 valence electrons. The zero-order chi connectivity index (χ0) is 18.0. The average Bonchev–Trinajstić information content (AvgIpc) is 2.59. The number of ether oxygens (including phenoxy) is 1. The number of halogens is 1. The minimum Gasteiger partial charge on any atom is -0.496 e. The minimum absolute atomic E-state index is 0.0762. The molecule has 0 aliphatic carbocycles. The molecule has 2 aromatic carbocycles. The molecule has 3 rings (SSSR count). The summed E-state index contributed by atoms with van der Waals surface area (Å²) < 4.78 is 38.7. The molecule has 8 heteroatoms. The zero-order valence-corrected chi connectivity index (χ0v) is 15.6. The quantitative estimate of drug-likeness (QED) is 0.637. The van der Waals surface area contributed by atoms with E-state index in [1.54, 1.807) is 12.1 Å². The van der Waals surface area contributed by atoms with Gasteiger partial charge < -0.3 is 9.15 Å². The first kappa shape index (κ1) is 17.7. The molecule has 0 spiro atoms. The van der Waals surface area contributed by atoms with Crippen LogP contribution in [0.1, 0.15) is 5.56 Å². The molecule has 0 fully saturated rings. The molecule has 0 radical (unpaired) electrons. The van der Waals surface area contributed by atoms with Crippen molar-refractivity contribution < 1.29 is 17.6 Å². The van der Waals surface area contributed by atoms with Gasteiger partial charge in [-0.15, -0.1) is 0 Å². The maximum atomic E-state index is 12.5. The van der Waals surface area contributed by atoms with Crippen LogP contribution in [-0.2, 0) is 16.6 Å². The van der Waals surface area contributed by atoms with Crippen molar-refractivity contribution in [2.45, 2.75) is 11.4 Å². The third-order valence-corrected chi connectivity index (χ3v) is 5.49. The predicted molar refractivity (Wildman–Crippen MR) is 97.2 cm³/mol. The first-order valence-electron chi connectivity index (χ1n) is 7.25. The van der Waals surface area contributed by atoms with Crippen molar-refractivity contribution in [1.82, 2.24) is 4.72 Å². The normalized spacial score (nSPS) is 11.6. The van der Waals surface area contributed by atoms with Gasteiger partial charge in [-0.2, -0.15) is 0 Å². The van der Waals surface area contributed by atoms with Crippen molar-refractivity contribution in [1.29, 1.82) is 0 Å². The Morgan fingerprint density at radius 1 is 1.12 bits per heavy atom. The van der Waals surface area contributed by atoms with Gasteiger partial charge in [0.25, 0.3) is 0 Å². The number of fused-ring (bicyclic) bond motifs is 1. The summed E-state index contributed by atoms with van der Waals surface area (Å²) in [7, 11) is -2.21. The molecule has 0 bridgehead atoms. The molecule has 0 saturated carbocycles. The predicted octanol–water partition coefficient (Wildman–Crippen LogP) is 3.04. The summed E-state index contributed by atoms with van der Waals surface area (Å²) in [5.41, 5.74) is 0.551. The van der Waals surface area contributed by atoms with Gasteiger partial charge in [-0.3, -0.25) is 0 Å². The molecule has 0 aliphatic rings. The highest BCUT2D eigenvalue weighted by Gasteiger charge is 2.16. The third kappa shape index (κ3) is 3.92. The molecule has 1 aromatic heterocycles. The molecular formula is C17H14BrNO5S. The van der Waals surface area contributed by atoms with Crippen molar-refractivity contribution in [3.63, 3.8) is 0 Å². The smallest absolute Gasteiger partial charge is 0.336 e. The van der Waals surface area contributed by atoms with Crippen molar-refractivity contribution in [3.8, 4) is 5.75 Å². The fourth-order valence-electron chi connectivity index (χ4n) is 2.36. The number of hydrogen-bond acceptors (Lipinski definition) is 5. The zero-order valence-electron chi connectivity index (χ0n) is 13.2. The fraction of sp³-hybridized carbons (Fsp3) is 0.118. The lowest BCUT2D eigenvalue weighted by Gasteiger charge is -2.11. The van der Waals surface area contributed by atoms with Crippen LogP contribution in [0.15, 0.2) is 67.1 Å². The van der Waals surface area contributed by atoms with E-state index in [2.05, 4.69) is 20.7 Å². The Bertz CT molecular complexity index is 1090. The van der Waals surface area contributed by atoms with Crippen molar-refractivity contribution in [2.24, 2.45) is 0 Å². The lowest BCUT2D eigenvalue weighted by Crippen LogP contribution is -2.23. The highest BCUT2D eigenvalue weighted by Crippen LogP contribution is 2.24. The molecule has 6 nitrogen and oxygen atoms in total. The molecule has 25 heavy (non-hydrogen) atoms. The second-order valence-electron chi connectivity index (χ2n) is 5.23. The molecule has 1 heterocycles. The Hall–Kier alpha value is -2.16. The van der Waals surface area contributed by atoms with Crippen LogP contribution in [0.5, 0.6) is 5.75 Å². The lowest BCUT2D eigenvalue weighted by molar-refractivity contribution is 0.409. The van der Waals surface area contributed by atoms with E-state index in [1.807, 2.05) is 6.07 Å². The van der Waals surface area contributed by atoms with Gasteiger partial charge in [-0.1, -0.05) is 15.9 Å². The van der Waals surface area contributed by atoms with Gasteiger partial charge in [0.05, 0.1) is 12.0 Å². The SMILES string of the molecule is COc1ccc(Br)cc1CNS(=O)(=O)c1ccc2oc(=O)ccc2c1. The number of sulfonamides is 1. The first-order chi connectivity index (χ1) is 11.9. The van der Waals surface area contributed by atoms with Gasteiger partial charge in [0.15, 0.2) is 0 Å². The van der Waals surface area contributed by atoms with Crippen LogP contribution in [0.3, 0.4) is 0 Å². The van der Waals surface area contributed by atoms with Gasteiger partial charge in [-0.25, -0.2) is 17.9 Å². The van der Waals surface area contributed by atoms with Gasteiger partial charge in [0.2, 0.25) is 10.0 Å². The second kappa shape index (κ2) is 6.99. The molecule has 0 unspecified atom stereocenters. The summed E-state index contributed by atoms with van der Waals surface area (Å²) in [6, 6.07) is 12.4. The summed E-state index contributed by atoms with van der Waals surface area (Å²) in [5, 5.41) is 0.530. The van der Waals surface area contributed by atoms with Crippen LogP contribution < -0.4 is 15.1 Å². The van der Waals surface area contributed by atoms with E-state index < -0.39 is 15.6 Å². The van der Waals surface area contributed by atoms with E-state index in [1.165, 1.54) is 37.4 Å². The van der Waals surface area contributed by atoms with Crippen molar-refractivity contribution in [3.05, 3.63) is 69.0 Å². The van der Waals surface area contributed by atoms with Crippen LogP contribution in [-0.4, -0.2) is 15.5 Å². The number of benzene rings is 2. The molecular weight excluding hydrogens is 410 g/mol. The average molecular weight is 424 g/mol. The highest BCUT2D eigenvalue weighted by atomic mass is 79.9. The van der Waals surface area contributed by atoms with Crippen molar-refractivity contribution in [2.75, 3.05) is 7.11 Å². The lowest BCUT2D eigenvalue weighted by atomic mass is 10.2. The summed E-state index contributed by atoms with van der Waals surface area (Å²) in [4.78, 5) is 11.3. The topological polar surface area (TPSA) is 85.6 Å². The Balaban J connectivity index is 1.88. The molecule has 3 aromatic rings. The Labute approximate surface area is 152 Å². The number of rotatable bonds is 5. The Kier molecular flexibility index (Phi) is 4.94. The largest absolute Gasteiger partial charge is 0.496 e. The summed E-state index contributed by atoms with van der Waals surface area (Å²) in [6.07, 6.45) is 0. The van der Waals surface area contributed by atoms with E-state index in [4.69, 9.17) is 9.15 Å². The minimum atomic E-state index is -3.74. The highest BCUT2D eigenvalue weighted by molar-refractivity contribution is 9.10.